The van der Waals surface area contributed by atoms with Gasteiger partial charge in [-0.05, 0) is 50.9 Å². The summed E-state index contributed by atoms with van der Waals surface area (Å²) in [6.45, 7) is 9.92. The Balaban J connectivity index is 1.58. The molecule has 7 nitrogen and oxygen atoms in total. The van der Waals surface area contributed by atoms with Crippen LogP contribution in [0, 0.1) is 6.92 Å². The van der Waals surface area contributed by atoms with E-state index in [-0.39, 0.29) is 5.91 Å². The number of amides is 1. The molecule has 0 saturated carbocycles. The Morgan fingerprint density at radius 2 is 1.97 bits per heavy atom. The lowest BCUT2D eigenvalue weighted by atomic mass is 9.84. The van der Waals surface area contributed by atoms with Gasteiger partial charge >= 0.3 is 0 Å². The van der Waals surface area contributed by atoms with Crippen LogP contribution in [0.5, 0.6) is 0 Å². The van der Waals surface area contributed by atoms with Gasteiger partial charge in [-0.3, -0.25) is 10.1 Å². The van der Waals surface area contributed by atoms with Crippen molar-refractivity contribution in [2.75, 3.05) is 36.4 Å². The number of pyridine rings is 1. The van der Waals surface area contributed by atoms with E-state index in [2.05, 4.69) is 32.5 Å². The van der Waals surface area contributed by atoms with Crippen molar-refractivity contribution in [3.8, 4) is 0 Å². The predicted octanol–water partition coefficient (Wildman–Crippen LogP) is 2.75. The second-order valence-corrected chi connectivity index (χ2v) is 8.12. The summed E-state index contributed by atoms with van der Waals surface area (Å²) in [5.74, 6) is 0.197. The number of aryl methyl sites for hydroxylation is 1. The summed E-state index contributed by atoms with van der Waals surface area (Å²) in [7, 11) is 0. The first-order valence-corrected chi connectivity index (χ1v) is 10.1. The Kier molecular flexibility index (Phi) is 5.24. The van der Waals surface area contributed by atoms with Gasteiger partial charge < -0.3 is 10.2 Å². The Hall–Kier alpha value is -2.93. The molecule has 1 saturated heterocycles. The lowest BCUT2D eigenvalue weighted by Crippen LogP contribution is -2.35. The highest BCUT2D eigenvalue weighted by atomic mass is 16.2. The highest BCUT2D eigenvalue weighted by molar-refractivity contribution is 5.97. The Morgan fingerprint density at radius 1 is 1.17 bits per heavy atom. The first-order valence-electron chi connectivity index (χ1n) is 10.1. The van der Waals surface area contributed by atoms with Crippen LogP contribution in [0.25, 0.3) is 5.65 Å². The third-order valence-corrected chi connectivity index (χ3v) is 5.62. The summed E-state index contributed by atoms with van der Waals surface area (Å²) in [6.07, 6.45) is 3.13. The molecule has 29 heavy (non-hydrogen) atoms. The second kappa shape index (κ2) is 7.83. The molecule has 0 spiro atoms. The summed E-state index contributed by atoms with van der Waals surface area (Å²) in [4.78, 5) is 19.8. The maximum absolute atomic E-state index is 12.9. The van der Waals surface area contributed by atoms with E-state index in [4.69, 9.17) is 0 Å². The van der Waals surface area contributed by atoms with E-state index in [0.29, 0.717) is 5.95 Å². The molecule has 0 unspecified atom stereocenters. The minimum Gasteiger partial charge on any atom is -0.369 e. The van der Waals surface area contributed by atoms with Crippen LogP contribution in [0.15, 0.2) is 42.6 Å². The van der Waals surface area contributed by atoms with Crippen LogP contribution >= 0.6 is 0 Å². The Morgan fingerprint density at radius 3 is 2.76 bits per heavy atom. The SMILES string of the molecule is Cc1cc2nc(NC(=O)C(C)(C)c3ccccc3)nn2cc1N1CCCNCC1. The fraction of sp³-hybridized carbons (Fsp3) is 0.409. The minimum absolute atomic E-state index is 0.129. The van der Waals surface area contributed by atoms with Crippen LogP contribution in [0.1, 0.15) is 31.4 Å². The standard InChI is InChI=1S/C22H28N6O/c1-16-14-19-24-21(25-20(29)22(2,3)17-8-5-4-6-9-17)26-28(19)15-18(16)27-12-7-10-23-11-13-27/h4-6,8-9,14-15,23H,7,10-13H2,1-3H3,(H,25,26,29). The number of carbonyl (C=O) groups excluding carboxylic acids is 1. The summed E-state index contributed by atoms with van der Waals surface area (Å²) in [5.41, 5.74) is 3.32. The molecule has 0 radical (unpaired) electrons. The Bertz CT molecular complexity index is 1000. The molecule has 3 heterocycles. The number of nitrogens with zero attached hydrogens (tertiary/aromatic N) is 4. The summed E-state index contributed by atoms with van der Waals surface area (Å²) in [5, 5.41) is 10.8. The fourth-order valence-corrected chi connectivity index (χ4v) is 3.73. The number of aromatic nitrogens is 3. The highest BCUT2D eigenvalue weighted by Crippen LogP contribution is 2.25. The van der Waals surface area contributed by atoms with E-state index in [9.17, 15) is 4.79 Å². The van der Waals surface area contributed by atoms with E-state index in [1.165, 1.54) is 0 Å². The van der Waals surface area contributed by atoms with Crippen LogP contribution in [0.3, 0.4) is 0 Å². The normalized spacial score (nSPS) is 15.3. The van der Waals surface area contributed by atoms with Gasteiger partial charge in [0.25, 0.3) is 0 Å². The molecule has 2 N–H and O–H groups in total. The van der Waals surface area contributed by atoms with Crippen molar-refractivity contribution in [2.24, 2.45) is 0 Å². The van der Waals surface area contributed by atoms with Crippen LogP contribution in [-0.2, 0) is 10.2 Å². The number of rotatable bonds is 4. The molecule has 1 aliphatic heterocycles. The van der Waals surface area contributed by atoms with Crippen LogP contribution in [0.4, 0.5) is 11.6 Å². The van der Waals surface area contributed by atoms with Gasteiger partial charge in [0, 0.05) is 19.6 Å². The fourth-order valence-electron chi connectivity index (χ4n) is 3.73. The number of hydrogen-bond donors (Lipinski definition) is 2. The number of fused-ring (bicyclic) bond motifs is 1. The zero-order chi connectivity index (χ0) is 20.4. The predicted molar refractivity (Wildman–Crippen MR) is 116 cm³/mol. The number of carbonyl (C=O) groups is 1. The molecule has 0 bridgehead atoms. The number of nitrogens with one attached hydrogen (secondary N) is 2. The van der Waals surface area contributed by atoms with E-state index in [1.807, 2.05) is 56.4 Å². The van der Waals surface area contributed by atoms with Gasteiger partial charge in [-0.15, -0.1) is 5.10 Å². The minimum atomic E-state index is -0.682. The van der Waals surface area contributed by atoms with Crippen molar-refractivity contribution >= 4 is 23.2 Å². The molecular weight excluding hydrogens is 364 g/mol. The average Bonchev–Trinajstić information content (AvgIpc) is 2.91. The average molecular weight is 393 g/mol. The van der Waals surface area contributed by atoms with Gasteiger partial charge in [-0.1, -0.05) is 30.3 Å². The zero-order valence-electron chi connectivity index (χ0n) is 17.3. The molecule has 7 heteroatoms. The smallest absolute Gasteiger partial charge is 0.249 e. The first-order chi connectivity index (χ1) is 13.9. The molecule has 152 valence electrons. The van der Waals surface area contributed by atoms with E-state index in [1.54, 1.807) is 4.52 Å². The first kappa shape index (κ1) is 19.4. The molecule has 1 aromatic carbocycles. The van der Waals surface area contributed by atoms with Crippen molar-refractivity contribution in [1.29, 1.82) is 0 Å². The highest BCUT2D eigenvalue weighted by Gasteiger charge is 2.30. The number of anilines is 2. The lowest BCUT2D eigenvalue weighted by molar-refractivity contribution is -0.120. The summed E-state index contributed by atoms with van der Waals surface area (Å²) < 4.78 is 1.76. The van der Waals surface area contributed by atoms with Gasteiger partial charge in [-0.2, -0.15) is 4.98 Å². The third kappa shape index (κ3) is 3.96. The lowest BCUT2D eigenvalue weighted by Gasteiger charge is -2.24. The maximum Gasteiger partial charge on any atom is 0.249 e. The molecule has 1 aliphatic rings. The van der Waals surface area contributed by atoms with E-state index < -0.39 is 5.41 Å². The van der Waals surface area contributed by atoms with Gasteiger partial charge in [0.1, 0.15) is 0 Å². The van der Waals surface area contributed by atoms with Crippen LogP contribution in [0.2, 0.25) is 0 Å². The largest absolute Gasteiger partial charge is 0.369 e. The van der Waals surface area contributed by atoms with E-state index in [0.717, 1.165) is 55.1 Å². The molecule has 2 aromatic heterocycles. The van der Waals surface area contributed by atoms with Crippen molar-refractivity contribution in [1.82, 2.24) is 19.9 Å². The molecule has 0 aliphatic carbocycles. The van der Waals surface area contributed by atoms with Gasteiger partial charge in [0.15, 0.2) is 5.65 Å². The monoisotopic (exact) mass is 392 g/mol. The van der Waals surface area contributed by atoms with Crippen LogP contribution in [-0.4, -0.2) is 46.7 Å². The zero-order valence-corrected chi connectivity index (χ0v) is 17.3. The molecule has 1 fully saturated rings. The van der Waals surface area contributed by atoms with Gasteiger partial charge in [0.05, 0.1) is 17.3 Å². The van der Waals surface area contributed by atoms with Crippen molar-refractivity contribution in [3.63, 3.8) is 0 Å². The second-order valence-electron chi connectivity index (χ2n) is 8.12. The van der Waals surface area contributed by atoms with Crippen molar-refractivity contribution in [2.45, 2.75) is 32.6 Å². The molecule has 0 atom stereocenters. The van der Waals surface area contributed by atoms with Crippen molar-refractivity contribution in [3.05, 3.63) is 53.7 Å². The molecule has 4 rings (SSSR count). The quantitative estimate of drug-likeness (QED) is 0.714. The summed E-state index contributed by atoms with van der Waals surface area (Å²) >= 11 is 0. The molecule has 3 aromatic rings. The number of hydrogen-bond acceptors (Lipinski definition) is 5. The number of benzene rings is 1. The topological polar surface area (TPSA) is 74.6 Å². The third-order valence-electron chi connectivity index (χ3n) is 5.62. The molecule has 1 amide bonds. The van der Waals surface area contributed by atoms with Crippen LogP contribution < -0.4 is 15.5 Å². The van der Waals surface area contributed by atoms with Crippen molar-refractivity contribution < 1.29 is 4.79 Å². The van der Waals surface area contributed by atoms with Gasteiger partial charge in [-0.25, -0.2) is 4.52 Å². The van der Waals surface area contributed by atoms with Gasteiger partial charge in [0.2, 0.25) is 11.9 Å². The Labute approximate surface area is 171 Å². The van der Waals surface area contributed by atoms with E-state index >= 15 is 0 Å². The summed E-state index contributed by atoms with van der Waals surface area (Å²) in [6, 6.07) is 11.8. The molecular formula is C22H28N6O. The maximum atomic E-state index is 12.9.